The zero-order valence-electron chi connectivity index (χ0n) is 13.9. The number of guanidine groups is 1. The number of aromatic nitrogens is 1. The van der Waals surface area contributed by atoms with E-state index in [-0.39, 0.29) is 12.3 Å². The Balaban J connectivity index is 1.88. The third kappa shape index (κ3) is 6.47. The van der Waals surface area contributed by atoms with Crippen LogP contribution >= 0.6 is 22.9 Å². The van der Waals surface area contributed by atoms with Crippen LogP contribution < -0.4 is 15.4 Å². The molecule has 25 heavy (non-hydrogen) atoms. The summed E-state index contributed by atoms with van der Waals surface area (Å²) < 4.78 is 29.5. The van der Waals surface area contributed by atoms with Crippen molar-refractivity contribution in [2.75, 3.05) is 13.6 Å². The smallest absolute Gasteiger partial charge is 0.387 e. The largest absolute Gasteiger partial charge is 0.434 e. The summed E-state index contributed by atoms with van der Waals surface area (Å²) in [6, 6.07) is 4.51. The summed E-state index contributed by atoms with van der Waals surface area (Å²) in [4.78, 5) is 9.58. The van der Waals surface area contributed by atoms with Crippen LogP contribution in [0.5, 0.6) is 5.75 Å². The van der Waals surface area contributed by atoms with Gasteiger partial charge in [0.05, 0.1) is 5.01 Å². The van der Waals surface area contributed by atoms with Crippen LogP contribution in [0.25, 0.3) is 0 Å². The average molecular weight is 389 g/mol. The molecule has 0 aliphatic heterocycles. The number of hydrogen-bond donors (Lipinski definition) is 2. The molecule has 2 N–H and O–H groups in total. The molecule has 136 valence electrons. The van der Waals surface area contributed by atoms with Crippen LogP contribution in [0.4, 0.5) is 8.78 Å². The van der Waals surface area contributed by atoms with E-state index in [1.54, 1.807) is 24.5 Å². The number of aryl methyl sites for hydroxylation is 1. The summed E-state index contributed by atoms with van der Waals surface area (Å²) >= 11 is 7.59. The van der Waals surface area contributed by atoms with E-state index in [0.717, 1.165) is 11.4 Å². The summed E-state index contributed by atoms with van der Waals surface area (Å²) in [6.07, 6.45) is 2.62. The van der Waals surface area contributed by atoms with E-state index < -0.39 is 6.61 Å². The summed E-state index contributed by atoms with van der Waals surface area (Å²) in [5.74, 6) is 0.636. The normalized spacial score (nSPS) is 11.7. The second-order valence-electron chi connectivity index (χ2n) is 5.10. The predicted octanol–water partition coefficient (Wildman–Crippen LogP) is 3.61. The highest BCUT2D eigenvalue weighted by Crippen LogP contribution is 2.24. The molecule has 0 unspecified atom stereocenters. The van der Waals surface area contributed by atoms with Crippen molar-refractivity contribution in [3.8, 4) is 5.75 Å². The molecule has 9 heteroatoms. The highest BCUT2D eigenvalue weighted by molar-refractivity contribution is 7.11. The van der Waals surface area contributed by atoms with E-state index in [2.05, 4.69) is 25.3 Å². The maximum atomic E-state index is 12.5. The van der Waals surface area contributed by atoms with Crippen molar-refractivity contribution in [2.24, 2.45) is 4.99 Å². The molecular formula is C16H19ClF2N4OS. The minimum absolute atomic E-state index is 0.0839. The van der Waals surface area contributed by atoms with Gasteiger partial charge in [-0.2, -0.15) is 8.78 Å². The van der Waals surface area contributed by atoms with E-state index in [1.807, 2.05) is 13.1 Å². The number of nitrogens with zero attached hydrogens (tertiary/aromatic N) is 2. The molecule has 0 bridgehead atoms. The Kier molecular flexibility index (Phi) is 7.39. The van der Waals surface area contributed by atoms with Crippen LogP contribution in [0, 0.1) is 6.92 Å². The van der Waals surface area contributed by atoms with Crippen LogP contribution in [0.1, 0.15) is 15.4 Å². The quantitative estimate of drug-likeness (QED) is 0.562. The molecule has 1 aromatic heterocycles. The number of ether oxygens (including phenoxy) is 1. The van der Waals surface area contributed by atoms with Gasteiger partial charge in [-0.1, -0.05) is 11.6 Å². The van der Waals surface area contributed by atoms with Gasteiger partial charge < -0.3 is 15.4 Å². The Hall–Kier alpha value is -1.93. The number of hydrogen-bond acceptors (Lipinski definition) is 4. The first-order valence-corrected chi connectivity index (χ1v) is 8.76. The van der Waals surface area contributed by atoms with Gasteiger partial charge in [0.25, 0.3) is 0 Å². The molecule has 1 heterocycles. The topological polar surface area (TPSA) is 58.5 Å². The van der Waals surface area contributed by atoms with E-state index in [1.165, 1.54) is 17.0 Å². The van der Waals surface area contributed by atoms with E-state index in [4.69, 9.17) is 11.6 Å². The van der Waals surface area contributed by atoms with Gasteiger partial charge in [-0.25, -0.2) is 4.98 Å². The zero-order valence-corrected chi connectivity index (χ0v) is 15.4. The van der Waals surface area contributed by atoms with Gasteiger partial charge in [0.15, 0.2) is 5.96 Å². The summed E-state index contributed by atoms with van der Waals surface area (Å²) in [7, 11) is 1.64. The van der Waals surface area contributed by atoms with Gasteiger partial charge in [0, 0.05) is 48.2 Å². The lowest BCUT2D eigenvalue weighted by molar-refractivity contribution is -0.0504. The Labute approximate surface area is 154 Å². The molecule has 2 rings (SSSR count). The van der Waals surface area contributed by atoms with Gasteiger partial charge in [0.1, 0.15) is 5.75 Å². The summed E-state index contributed by atoms with van der Waals surface area (Å²) in [5, 5.41) is 7.70. The molecule has 0 radical (unpaired) electrons. The maximum Gasteiger partial charge on any atom is 0.387 e. The highest BCUT2D eigenvalue weighted by atomic mass is 35.5. The fourth-order valence-electron chi connectivity index (χ4n) is 2.10. The van der Waals surface area contributed by atoms with Crippen LogP contribution in [-0.4, -0.2) is 31.1 Å². The van der Waals surface area contributed by atoms with Crippen molar-refractivity contribution in [1.82, 2.24) is 15.6 Å². The fraction of sp³-hybridized carbons (Fsp3) is 0.375. The Morgan fingerprint density at radius 2 is 2.20 bits per heavy atom. The zero-order chi connectivity index (χ0) is 18.2. The number of benzene rings is 1. The standard InChI is InChI=1S/C16H19ClF2N4OS/c1-10-8-22-14(25-10)5-6-21-16(20-2)23-9-11-7-12(17)3-4-13(11)24-15(18)19/h3-4,7-8,15H,5-6,9H2,1-2H3,(H2,20,21,23). The van der Waals surface area contributed by atoms with Crippen molar-refractivity contribution < 1.29 is 13.5 Å². The lowest BCUT2D eigenvalue weighted by atomic mass is 10.2. The fourth-order valence-corrected chi connectivity index (χ4v) is 3.08. The van der Waals surface area contributed by atoms with Gasteiger partial charge in [-0.3, -0.25) is 4.99 Å². The maximum absolute atomic E-state index is 12.5. The molecule has 0 aliphatic rings. The molecule has 5 nitrogen and oxygen atoms in total. The van der Waals surface area contributed by atoms with Gasteiger partial charge in [-0.05, 0) is 25.1 Å². The number of nitrogens with one attached hydrogen (secondary N) is 2. The van der Waals surface area contributed by atoms with Gasteiger partial charge in [-0.15, -0.1) is 11.3 Å². The molecule has 0 fully saturated rings. The molecule has 0 atom stereocenters. The van der Waals surface area contributed by atoms with Crippen LogP contribution in [0.15, 0.2) is 29.4 Å². The van der Waals surface area contributed by atoms with E-state index >= 15 is 0 Å². The molecule has 0 aliphatic carbocycles. The summed E-state index contributed by atoms with van der Waals surface area (Å²) in [5.41, 5.74) is 0.520. The molecule has 2 aromatic rings. The SMILES string of the molecule is CN=C(NCCc1ncc(C)s1)NCc1cc(Cl)ccc1OC(F)F. The summed E-state index contributed by atoms with van der Waals surface area (Å²) in [6.45, 7) is 0.0273. The second kappa shape index (κ2) is 9.53. The third-order valence-corrected chi connectivity index (χ3v) is 4.42. The van der Waals surface area contributed by atoms with Crippen molar-refractivity contribution in [3.05, 3.63) is 44.9 Å². The Morgan fingerprint density at radius 1 is 1.40 bits per heavy atom. The predicted molar refractivity (Wildman–Crippen MR) is 96.8 cm³/mol. The first-order valence-electron chi connectivity index (χ1n) is 7.57. The lowest BCUT2D eigenvalue weighted by Gasteiger charge is -2.14. The van der Waals surface area contributed by atoms with E-state index in [0.29, 0.717) is 23.1 Å². The molecule has 0 saturated carbocycles. The first kappa shape index (κ1) is 19.4. The highest BCUT2D eigenvalue weighted by Gasteiger charge is 2.11. The van der Waals surface area contributed by atoms with Crippen LogP contribution in [0.2, 0.25) is 5.02 Å². The number of rotatable bonds is 7. The van der Waals surface area contributed by atoms with E-state index in [9.17, 15) is 8.78 Å². The number of thiazole rings is 1. The molecule has 0 saturated heterocycles. The van der Waals surface area contributed by atoms with Gasteiger partial charge >= 0.3 is 6.61 Å². The number of halogens is 3. The molecular weight excluding hydrogens is 370 g/mol. The molecule has 1 aromatic carbocycles. The minimum atomic E-state index is -2.89. The van der Waals surface area contributed by atoms with Crippen molar-refractivity contribution in [3.63, 3.8) is 0 Å². The van der Waals surface area contributed by atoms with Crippen LogP contribution in [-0.2, 0) is 13.0 Å². The molecule has 0 spiro atoms. The Bertz CT molecular complexity index is 724. The van der Waals surface area contributed by atoms with Gasteiger partial charge in [0.2, 0.25) is 0 Å². The molecule has 0 amide bonds. The number of alkyl halides is 2. The minimum Gasteiger partial charge on any atom is -0.434 e. The van der Waals surface area contributed by atoms with Crippen molar-refractivity contribution in [1.29, 1.82) is 0 Å². The van der Waals surface area contributed by atoms with Crippen molar-refractivity contribution in [2.45, 2.75) is 26.5 Å². The monoisotopic (exact) mass is 388 g/mol. The second-order valence-corrected chi connectivity index (χ2v) is 6.85. The Morgan fingerprint density at radius 3 is 2.84 bits per heavy atom. The number of aliphatic imine (C=N–C) groups is 1. The van der Waals surface area contributed by atoms with Crippen LogP contribution in [0.3, 0.4) is 0 Å². The first-order chi connectivity index (χ1) is 12.0. The third-order valence-electron chi connectivity index (χ3n) is 3.21. The van der Waals surface area contributed by atoms with Crippen molar-refractivity contribution >= 4 is 28.9 Å². The lowest BCUT2D eigenvalue weighted by Crippen LogP contribution is -2.38. The average Bonchev–Trinajstić information content (AvgIpc) is 2.98.